The Morgan fingerprint density at radius 3 is 2.11 bits per heavy atom. The monoisotopic (exact) mass is 579 g/mol. The number of hydrogen-bond acceptors (Lipinski definition) is 4. The zero-order valence-electron chi connectivity index (χ0n) is 20.1. The zero-order chi connectivity index (χ0) is 26.3. The highest BCUT2D eigenvalue weighted by atomic mass is 79.9. The van der Waals surface area contributed by atoms with E-state index in [1.54, 1.807) is 36.4 Å². The van der Waals surface area contributed by atoms with Crippen LogP contribution in [0.5, 0.6) is 11.5 Å². The number of nitrogens with one attached hydrogen (secondary N) is 2. The van der Waals surface area contributed by atoms with Crippen molar-refractivity contribution >= 4 is 43.4 Å². The Morgan fingerprint density at radius 1 is 0.838 bits per heavy atom. The molecule has 190 valence electrons. The summed E-state index contributed by atoms with van der Waals surface area (Å²) in [5.41, 5.74) is 2.30. The topological polar surface area (TPSA) is 87.7 Å². The molecule has 0 saturated heterocycles. The van der Waals surface area contributed by atoms with Crippen LogP contribution in [0.2, 0.25) is 0 Å². The lowest BCUT2D eigenvalue weighted by Crippen LogP contribution is -2.41. The number of hydrogen-bond donors (Lipinski definition) is 2. The maximum Gasteiger partial charge on any atom is 0.326 e. The van der Waals surface area contributed by atoms with Crippen molar-refractivity contribution in [2.75, 3.05) is 23.3 Å². The number of carbonyl (C=O) groups excluding carboxylic acids is 1. The van der Waals surface area contributed by atoms with Crippen molar-refractivity contribution in [3.63, 3.8) is 0 Å². The van der Waals surface area contributed by atoms with Gasteiger partial charge in [-0.1, -0.05) is 51.8 Å². The molecule has 0 fully saturated rings. The first-order valence-corrected chi connectivity index (χ1v) is 13.8. The van der Waals surface area contributed by atoms with E-state index in [4.69, 9.17) is 4.74 Å². The number of benzene rings is 4. The molecule has 0 spiro atoms. The Bertz CT molecular complexity index is 1430. The maximum absolute atomic E-state index is 13.2. The van der Waals surface area contributed by atoms with Gasteiger partial charge in [0.15, 0.2) is 0 Å². The highest BCUT2D eigenvalue weighted by molar-refractivity contribution is 9.10. The van der Waals surface area contributed by atoms with Gasteiger partial charge in [0, 0.05) is 28.9 Å². The van der Waals surface area contributed by atoms with Gasteiger partial charge in [-0.3, -0.25) is 4.90 Å². The Balaban J connectivity index is 1.49. The zero-order valence-corrected chi connectivity index (χ0v) is 22.5. The number of sulfonamides is 1. The van der Waals surface area contributed by atoms with Crippen LogP contribution in [0.4, 0.5) is 16.2 Å². The van der Waals surface area contributed by atoms with Crippen molar-refractivity contribution in [3.8, 4) is 11.5 Å². The molecule has 2 N–H and O–H groups in total. The Labute approximate surface area is 225 Å². The van der Waals surface area contributed by atoms with E-state index in [1.807, 2.05) is 61.5 Å². The van der Waals surface area contributed by atoms with E-state index in [2.05, 4.69) is 26.0 Å². The van der Waals surface area contributed by atoms with E-state index in [1.165, 1.54) is 17.0 Å². The van der Waals surface area contributed by atoms with Gasteiger partial charge in [-0.25, -0.2) is 17.9 Å². The van der Waals surface area contributed by atoms with E-state index < -0.39 is 10.0 Å². The minimum atomic E-state index is -3.73. The van der Waals surface area contributed by atoms with Gasteiger partial charge in [0.05, 0.1) is 4.90 Å². The van der Waals surface area contributed by atoms with Crippen LogP contribution in [0.15, 0.2) is 112 Å². The second-order valence-electron chi connectivity index (χ2n) is 8.21. The van der Waals surface area contributed by atoms with Gasteiger partial charge >= 0.3 is 6.03 Å². The third-order valence-corrected chi connectivity index (χ3v) is 7.43. The predicted molar refractivity (Wildman–Crippen MR) is 150 cm³/mol. The number of rotatable bonds is 9. The van der Waals surface area contributed by atoms with Gasteiger partial charge in [0.2, 0.25) is 10.0 Å². The summed E-state index contributed by atoms with van der Waals surface area (Å²) in [6.45, 7) is 2.09. The van der Waals surface area contributed by atoms with Crippen LogP contribution in [0.3, 0.4) is 0 Å². The first kappa shape index (κ1) is 26.4. The van der Waals surface area contributed by atoms with Crippen LogP contribution in [0.1, 0.15) is 5.56 Å². The van der Waals surface area contributed by atoms with Crippen molar-refractivity contribution in [1.29, 1.82) is 0 Å². The highest BCUT2D eigenvalue weighted by Crippen LogP contribution is 2.25. The maximum atomic E-state index is 13.2. The first-order chi connectivity index (χ1) is 17.8. The molecule has 0 unspecified atom stereocenters. The molecular formula is C28H26BrN3O4S. The van der Waals surface area contributed by atoms with Crippen molar-refractivity contribution in [2.45, 2.75) is 11.8 Å². The summed E-state index contributed by atoms with van der Waals surface area (Å²) in [5, 5.41) is 2.88. The largest absolute Gasteiger partial charge is 0.457 e. The molecule has 2 amide bonds. The molecule has 0 aliphatic heterocycles. The number of para-hydroxylation sites is 1. The van der Waals surface area contributed by atoms with Gasteiger partial charge < -0.3 is 10.1 Å². The van der Waals surface area contributed by atoms with E-state index in [0.717, 1.165) is 10.0 Å². The van der Waals surface area contributed by atoms with Crippen LogP contribution in [-0.4, -0.2) is 27.5 Å². The highest BCUT2D eigenvalue weighted by Gasteiger charge is 2.19. The molecule has 0 aromatic heterocycles. The molecule has 0 saturated carbocycles. The lowest BCUT2D eigenvalue weighted by Gasteiger charge is -2.24. The summed E-state index contributed by atoms with van der Waals surface area (Å²) < 4.78 is 34.6. The van der Waals surface area contributed by atoms with Crippen molar-refractivity contribution in [3.05, 3.63) is 113 Å². The van der Waals surface area contributed by atoms with Crippen LogP contribution in [-0.2, 0) is 10.0 Å². The van der Waals surface area contributed by atoms with Crippen LogP contribution >= 0.6 is 15.9 Å². The predicted octanol–water partition coefficient (Wildman–Crippen LogP) is 6.57. The average molecular weight is 581 g/mol. The quantitative estimate of drug-likeness (QED) is 0.235. The van der Waals surface area contributed by atoms with E-state index in [-0.39, 0.29) is 24.0 Å². The molecule has 0 aliphatic rings. The summed E-state index contributed by atoms with van der Waals surface area (Å²) in [6.07, 6.45) is 0. The summed E-state index contributed by atoms with van der Waals surface area (Å²) >= 11 is 3.30. The molecule has 4 rings (SSSR count). The molecule has 0 atom stereocenters. The first-order valence-electron chi connectivity index (χ1n) is 11.5. The number of halogens is 1. The smallest absolute Gasteiger partial charge is 0.326 e. The molecule has 9 heteroatoms. The molecule has 7 nitrogen and oxygen atoms in total. The van der Waals surface area contributed by atoms with Crippen LogP contribution < -0.4 is 19.7 Å². The van der Waals surface area contributed by atoms with E-state index >= 15 is 0 Å². The number of carbonyl (C=O) groups is 1. The third kappa shape index (κ3) is 7.42. The second kappa shape index (κ2) is 12.1. The number of nitrogens with zero attached hydrogens (tertiary/aromatic N) is 1. The number of ether oxygens (including phenoxy) is 1. The molecule has 0 bridgehead atoms. The van der Waals surface area contributed by atoms with Gasteiger partial charge in [0.1, 0.15) is 11.5 Å². The average Bonchev–Trinajstić information content (AvgIpc) is 2.89. The molecular weight excluding hydrogens is 554 g/mol. The van der Waals surface area contributed by atoms with E-state index in [0.29, 0.717) is 22.9 Å². The van der Waals surface area contributed by atoms with E-state index in [9.17, 15) is 13.2 Å². The normalized spacial score (nSPS) is 11.1. The lowest BCUT2D eigenvalue weighted by atomic mass is 10.2. The fourth-order valence-corrected chi connectivity index (χ4v) is 4.77. The Kier molecular flexibility index (Phi) is 8.60. The van der Waals surface area contributed by atoms with Gasteiger partial charge in [-0.2, -0.15) is 0 Å². The van der Waals surface area contributed by atoms with Crippen LogP contribution in [0, 0.1) is 6.92 Å². The third-order valence-electron chi connectivity index (χ3n) is 5.43. The number of aryl methyl sites for hydroxylation is 1. The molecule has 37 heavy (non-hydrogen) atoms. The van der Waals surface area contributed by atoms with Crippen molar-refractivity contribution in [2.24, 2.45) is 0 Å². The lowest BCUT2D eigenvalue weighted by molar-refractivity contribution is 0.257. The fourth-order valence-electron chi connectivity index (χ4n) is 3.48. The van der Waals surface area contributed by atoms with Crippen molar-refractivity contribution < 1.29 is 17.9 Å². The van der Waals surface area contributed by atoms with Gasteiger partial charge in [-0.15, -0.1) is 0 Å². The van der Waals surface area contributed by atoms with Crippen molar-refractivity contribution in [1.82, 2.24) is 4.72 Å². The summed E-state index contributed by atoms with van der Waals surface area (Å²) in [7, 11) is -3.73. The SMILES string of the molecule is Cc1ccc(NC(=O)N(CCNS(=O)(=O)c2ccc(Br)cc2)c2ccc(Oc3ccccc3)cc2)cc1. The fraction of sp³-hybridized carbons (Fsp3) is 0.107. The molecule has 0 heterocycles. The molecule has 4 aromatic carbocycles. The second-order valence-corrected chi connectivity index (χ2v) is 10.9. The minimum Gasteiger partial charge on any atom is -0.457 e. The molecule has 4 aromatic rings. The number of amides is 2. The summed E-state index contributed by atoms with van der Waals surface area (Å²) in [6, 6.07) is 29.8. The van der Waals surface area contributed by atoms with Gasteiger partial charge in [-0.05, 0) is 79.7 Å². The number of urea groups is 1. The van der Waals surface area contributed by atoms with Gasteiger partial charge in [0.25, 0.3) is 0 Å². The Hall–Kier alpha value is -3.66. The van der Waals surface area contributed by atoms with Crippen LogP contribution in [0.25, 0.3) is 0 Å². The standard InChI is InChI=1S/C28H26BrN3O4S/c1-21-7-11-23(12-8-21)31-28(33)32(20-19-30-37(34,35)27-17-9-22(29)10-18-27)24-13-15-26(16-14-24)36-25-5-3-2-4-6-25/h2-18,30H,19-20H2,1H3,(H,31,33). The molecule has 0 aliphatic carbocycles. The number of anilines is 2. The summed E-state index contributed by atoms with van der Waals surface area (Å²) in [5.74, 6) is 1.32. The summed E-state index contributed by atoms with van der Waals surface area (Å²) in [4.78, 5) is 14.9. The minimum absolute atomic E-state index is 0.0159. The Morgan fingerprint density at radius 2 is 1.46 bits per heavy atom. The molecule has 0 radical (unpaired) electrons.